The Balaban J connectivity index is 1.82. The molecule has 0 aliphatic carbocycles. The van der Waals surface area contributed by atoms with E-state index in [0.29, 0.717) is 6.54 Å². The van der Waals surface area contributed by atoms with Gasteiger partial charge in [-0.15, -0.1) is 0 Å². The largest absolute Gasteiger partial charge is 0.376 e. The summed E-state index contributed by atoms with van der Waals surface area (Å²) in [5.41, 5.74) is 3.00. The molecule has 0 saturated heterocycles. The van der Waals surface area contributed by atoms with Crippen LogP contribution < -0.4 is 15.8 Å². The number of nitrogens with two attached hydrogens (primary N) is 1. The van der Waals surface area contributed by atoms with E-state index in [1.807, 2.05) is 24.3 Å². The lowest BCUT2D eigenvalue weighted by atomic mass is 9.87. The zero-order valence-corrected chi connectivity index (χ0v) is 16.1. The third-order valence-corrected chi connectivity index (χ3v) is 4.87. The highest BCUT2D eigenvalue weighted by Crippen LogP contribution is 2.23. The third kappa shape index (κ3) is 5.86. The number of sulfonamides is 1. The van der Waals surface area contributed by atoms with Crippen LogP contribution in [0.2, 0.25) is 0 Å². The molecule has 0 aromatic heterocycles. The number of primary sulfonamides is 1. The molecule has 6 nitrogen and oxygen atoms in total. The van der Waals surface area contributed by atoms with Gasteiger partial charge < -0.3 is 10.6 Å². The molecule has 4 N–H and O–H groups in total. The van der Waals surface area contributed by atoms with Crippen LogP contribution in [0.25, 0.3) is 0 Å². The molecular weight excluding hydrogens is 350 g/mol. The van der Waals surface area contributed by atoms with Gasteiger partial charge in [0.1, 0.15) is 0 Å². The molecule has 7 heteroatoms. The smallest absolute Gasteiger partial charge is 0.239 e. The first-order chi connectivity index (χ1) is 12.1. The summed E-state index contributed by atoms with van der Waals surface area (Å²) in [5, 5.41) is 10.9. The van der Waals surface area contributed by atoms with Gasteiger partial charge in [-0.25, -0.2) is 13.6 Å². The van der Waals surface area contributed by atoms with Crippen LogP contribution in [0, 0.1) is 0 Å². The summed E-state index contributed by atoms with van der Waals surface area (Å²) in [6.45, 7) is 6.92. The van der Waals surface area contributed by atoms with Crippen molar-refractivity contribution in [3.8, 4) is 0 Å². The van der Waals surface area contributed by atoms with E-state index in [-0.39, 0.29) is 22.8 Å². The fraction of sp³-hybridized carbons (Fsp3) is 0.316. The highest BCUT2D eigenvalue weighted by molar-refractivity contribution is 7.89. The minimum Gasteiger partial charge on any atom is -0.376 e. The number of amides is 1. The number of carbonyl (C=O) groups excluding carboxylic acids is 1. The molecule has 2 rings (SSSR count). The van der Waals surface area contributed by atoms with Gasteiger partial charge in [0.25, 0.3) is 0 Å². The van der Waals surface area contributed by atoms with Crippen LogP contribution in [0.5, 0.6) is 0 Å². The molecular formula is C19H25N3O3S. The summed E-state index contributed by atoms with van der Waals surface area (Å²) >= 11 is 0. The quantitative estimate of drug-likeness (QED) is 0.721. The topological polar surface area (TPSA) is 101 Å². The average molecular weight is 375 g/mol. The van der Waals surface area contributed by atoms with Crippen molar-refractivity contribution in [2.75, 3.05) is 11.9 Å². The van der Waals surface area contributed by atoms with E-state index in [0.717, 1.165) is 11.3 Å². The maximum absolute atomic E-state index is 12.0. The van der Waals surface area contributed by atoms with Crippen molar-refractivity contribution < 1.29 is 13.2 Å². The molecule has 0 aliphatic heterocycles. The van der Waals surface area contributed by atoms with Crippen molar-refractivity contribution in [2.24, 2.45) is 5.14 Å². The molecule has 0 bridgehead atoms. The minimum atomic E-state index is -3.70. The number of hydrogen-bond acceptors (Lipinski definition) is 4. The zero-order chi connectivity index (χ0) is 19.4. The second-order valence-corrected chi connectivity index (χ2v) is 8.71. The lowest BCUT2D eigenvalue weighted by Crippen LogP contribution is -2.29. The van der Waals surface area contributed by atoms with E-state index >= 15 is 0 Å². The Hall–Kier alpha value is -2.38. The molecule has 0 aliphatic rings. The van der Waals surface area contributed by atoms with Crippen LogP contribution in [0.4, 0.5) is 5.69 Å². The van der Waals surface area contributed by atoms with Crippen LogP contribution in [0.1, 0.15) is 31.9 Å². The Bertz CT molecular complexity index is 852. The monoisotopic (exact) mass is 375 g/mol. The van der Waals surface area contributed by atoms with Crippen LogP contribution in [-0.4, -0.2) is 20.9 Å². The van der Waals surface area contributed by atoms with Gasteiger partial charge in [0.05, 0.1) is 11.4 Å². The van der Waals surface area contributed by atoms with Gasteiger partial charge in [-0.3, -0.25) is 4.79 Å². The van der Waals surface area contributed by atoms with Gasteiger partial charge in [0.2, 0.25) is 15.9 Å². The fourth-order valence-corrected chi connectivity index (χ4v) is 2.85. The molecule has 0 spiro atoms. The highest BCUT2D eigenvalue weighted by Gasteiger charge is 2.13. The number of rotatable bonds is 6. The van der Waals surface area contributed by atoms with E-state index in [9.17, 15) is 13.2 Å². The molecule has 26 heavy (non-hydrogen) atoms. The SMILES string of the molecule is CC(C)(C)c1ccc(NCC(=O)NCc2ccc(S(N)(=O)=O)cc2)cc1. The number of anilines is 1. The predicted molar refractivity (Wildman–Crippen MR) is 103 cm³/mol. The second-order valence-electron chi connectivity index (χ2n) is 7.15. The van der Waals surface area contributed by atoms with E-state index in [2.05, 4.69) is 31.4 Å². The van der Waals surface area contributed by atoms with Crippen molar-refractivity contribution in [1.29, 1.82) is 0 Å². The molecule has 0 saturated carbocycles. The number of carbonyl (C=O) groups is 1. The third-order valence-electron chi connectivity index (χ3n) is 3.95. The van der Waals surface area contributed by atoms with Gasteiger partial charge >= 0.3 is 0 Å². The molecule has 0 atom stereocenters. The maximum atomic E-state index is 12.0. The van der Waals surface area contributed by atoms with Gasteiger partial charge in [-0.1, -0.05) is 45.0 Å². The van der Waals surface area contributed by atoms with Crippen molar-refractivity contribution >= 4 is 21.6 Å². The summed E-state index contributed by atoms with van der Waals surface area (Å²) in [7, 11) is -3.70. The Morgan fingerprint density at radius 1 is 1.00 bits per heavy atom. The first-order valence-electron chi connectivity index (χ1n) is 8.28. The minimum absolute atomic E-state index is 0.0490. The predicted octanol–water partition coefficient (Wildman–Crippen LogP) is 2.36. The van der Waals surface area contributed by atoms with Crippen LogP contribution in [0.3, 0.4) is 0 Å². The van der Waals surface area contributed by atoms with Crippen molar-refractivity contribution in [1.82, 2.24) is 5.32 Å². The van der Waals surface area contributed by atoms with E-state index in [1.165, 1.54) is 17.7 Å². The Morgan fingerprint density at radius 3 is 2.08 bits per heavy atom. The zero-order valence-electron chi connectivity index (χ0n) is 15.2. The fourth-order valence-electron chi connectivity index (χ4n) is 2.33. The normalized spacial score (nSPS) is 11.8. The Kier molecular flexibility index (Phi) is 6.05. The number of nitrogens with one attached hydrogen (secondary N) is 2. The Morgan fingerprint density at radius 2 is 1.58 bits per heavy atom. The van der Waals surface area contributed by atoms with Crippen LogP contribution >= 0.6 is 0 Å². The lowest BCUT2D eigenvalue weighted by Gasteiger charge is -2.19. The molecule has 1 amide bonds. The van der Waals surface area contributed by atoms with Gasteiger partial charge in [0.15, 0.2) is 0 Å². The standard InChI is InChI=1S/C19H25N3O3S/c1-19(2,3)15-6-8-16(9-7-15)21-13-18(23)22-12-14-4-10-17(11-5-14)26(20,24)25/h4-11,21H,12-13H2,1-3H3,(H,22,23)(H2,20,24,25). The van der Waals surface area contributed by atoms with E-state index < -0.39 is 10.0 Å². The summed E-state index contributed by atoms with van der Waals surface area (Å²) in [5.74, 6) is -0.152. The van der Waals surface area contributed by atoms with Crippen molar-refractivity contribution in [3.05, 3.63) is 59.7 Å². The van der Waals surface area contributed by atoms with E-state index in [4.69, 9.17) is 5.14 Å². The summed E-state index contributed by atoms with van der Waals surface area (Å²) < 4.78 is 22.4. The number of benzene rings is 2. The first kappa shape index (κ1) is 19.9. The first-order valence-corrected chi connectivity index (χ1v) is 9.83. The Labute approximate surface area is 154 Å². The molecule has 0 heterocycles. The van der Waals surface area contributed by atoms with Crippen LogP contribution in [0.15, 0.2) is 53.4 Å². The lowest BCUT2D eigenvalue weighted by molar-refractivity contribution is -0.119. The second kappa shape index (κ2) is 7.88. The molecule has 0 radical (unpaired) electrons. The van der Waals surface area contributed by atoms with Gasteiger partial charge in [0, 0.05) is 12.2 Å². The summed E-state index contributed by atoms with van der Waals surface area (Å²) in [6, 6.07) is 14.1. The van der Waals surface area contributed by atoms with Gasteiger partial charge in [-0.2, -0.15) is 0 Å². The average Bonchev–Trinajstić information content (AvgIpc) is 2.57. The van der Waals surface area contributed by atoms with Crippen LogP contribution in [-0.2, 0) is 26.8 Å². The number of hydrogen-bond donors (Lipinski definition) is 3. The van der Waals surface area contributed by atoms with Crippen molar-refractivity contribution in [2.45, 2.75) is 37.6 Å². The molecule has 140 valence electrons. The summed E-state index contributed by atoms with van der Waals surface area (Å²) in [6.07, 6.45) is 0. The maximum Gasteiger partial charge on any atom is 0.239 e. The molecule has 2 aromatic carbocycles. The highest BCUT2D eigenvalue weighted by atomic mass is 32.2. The van der Waals surface area contributed by atoms with Gasteiger partial charge in [-0.05, 0) is 40.8 Å². The van der Waals surface area contributed by atoms with Crippen molar-refractivity contribution in [3.63, 3.8) is 0 Å². The molecule has 0 unspecified atom stereocenters. The molecule has 2 aromatic rings. The summed E-state index contributed by atoms with van der Waals surface area (Å²) in [4.78, 5) is 12.0. The molecule has 0 fully saturated rings. The van der Waals surface area contributed by atoms with E-state index in [1.54, 1.807) is 12.1 Å².